The first-order chi connectivity index (χ1) is 9.04. The van der Waals surface area contributed by atoms with Crippen molar-refractivity contribution in [1.82, 2.24) is 14.9 Å². The molecule has 2 aromatic rings. The number of benzene rings is 1. The molecule has 102 valence electrons. The molecule has 0 saturated heterocycles. The minimum atomic E-state index is -3.67. The molecule has 7 nitrogen and oxygen atoms in total. The lowest BCUT2D eigenvalue weighted by Gasteiger charge is -2.10. The molecular weight excluding hydrogens is 268 g/mol. The SMILES string of the molecule is COc1ccccc1S(=O)(=O)NCc1cn[nH]c1N. The number of aromatic amines is 1. The van der Waals surface area contributed by atoms with Gasteiger partial charge in [-0.1, -0.05) is 12.1 Å². The zero-order valence-corrected chi connectivity index (χ0v) is 11.1. The van der Waals surface area contributed by atoms with E-state index in [9.17, 15) is 8.42 Å². The average Bonchev–Trinajstić information content (AvgIpc) is 2.82. The van der Waals surface area contributed by atoms with Crippen molar-refractivity contribution in [2.24, 2.45) is 0 Å². The molecule has 0 fully saturated rings. The van der Waals surface area contributed by atoms with Crippen LogP contribution in [0.4, 0.5) is 5.82 Å². The number of sulfonamides is 1. The van der Waals surface area contributed by atoms with Crippen LogP contribution in [0.5, 0.6) is 5.75 Å². The maximum atomic E-state index is 12.2. The molecule has 0 aliphatic carbocycles. The van der Waals surface area contributed by atoms with Crippen LogP contribution in [0.2, 0.25) is 0 Å². The fraction of sp³-hybridized carbons (Fsp3) is 0.182. The topological polar surface area (TPSA) is 110 Å². The van der Waals surface area contributed by atoms with E-state index < -0.39 is 10.0 Å². The van der Waals surface area contributed by atoms with Crippen molar-refractivity contribution in [1.29, 1.82) is 0 Å². The highest BCUT2D eigenvalue weighted by molar-refractivity contribution is 7.89. The van der Waals surface area contributed by atoms with Gasteiger partial charge in [0.1, 0.15) is 16.5 Å². The van der Waals surface area contributed by atoms with E-state index in [4.69, 9.17) is 10.5 Å². The first kappa shape index (κ1) is 13.4. The van der Waals surface area contributed by atoms with Crippen LogP contribution in [0.1, 0.15) is 5.56 Å². The monoisotopic (exact) mass is 282 g/mol. The summed E-state index contributed by atoms with van der Waals surface area (Å²) >= 11 is 0. The highest BCUT2D eigenvalue weighted by Crippen LogP contribution is 2.22. The van der Waals surface area contributed by atoms with E-state index in [0.717, 1.165) is 0 Å². The Hall–Kier alpha value is -2.06. The molecule has 1 aromatic carbocycles. The van der Waals surface area contributed by atoms with Crippen LogP contribution in [-0.4, -0.2) is 25.7 Å². The van der Waals surface area contributed by atoms with Crippen LogP contribution in [0, 0.1) is 0 Å². The number of para-hydroxylation sites is 1. The Balaban J connectivity index is 2.21. The number of nitrogens with two attached hydrogens (primary N) is 1. The van der Waals surface area contributed by atoms with Gasteiger partial charge in [0.25, 0.3) is 0 Å². The quantitative estimate of drug-likeness (QED) is 0.738. The van der Waals surface area contributed by atoms with Crippen molar-refractivity contribution in [2.75, 3.05) is 12.8 Å². The molecule has 0 atom stereocenters. The van der Waals surface area contributed by atoms with Crippen LogP contribution in [0.15, 0.2) is 35.4 Å². The summed E-state index contributed by atoms with van der Waals surface area (Å²) in [5, 5.41) is 6.25. The molecule has 0 aliphatic heterocycles. The van der Waals surface area contributed by atoms with Gasteiger partial charge in [0.05, 0.1) is 13.3 Å². The van der Waals surface area contributed by atoms with E-state index in [1.165, 1.54) is 19.4 Å². The molecule has 4 N–H and O–H groups in total. The number of hydrogen-bond donors (Lipinski definition) is 3. The maximum absolute atomic E-state index is 12.2. The molecule has 19 heavy (non-hydrogen) atoms. The molecular formula is C11H14N4O3S. The van der Waals surface area contributed by atoms with E-state index in [1.54, 1.807) is 18.2 Å². The predicted octanol–water partition coefficient (Wildman–Crippen LogP) is 0.479. The standard InChI is InChI=1S/C11H14N4O3S/c1-18-9-4-2-3-5-10(9)19(16,17)14-7-8-6-13-15-11(8)12/h2-6,14H,7H2,1H3,(H3,12,13,15). The van der Waals surface area contributed by atoms with Crippen molar-refractivity contribution in [2.45, 2.75) is 11.4 Å². The van der Waals surface area contributed by atoms with Crippen molar-refractivity contribution in [3.05, 3.63) is 36.0 Å². The molecule has 0 radical (unpaired) electrons. The molecule has 0 spiro atoms. The van der Waals surface area contributed by atoms with Gasteiger partial charge in [-0.2, -0.15) is 5.10 Å². The Morgan fingerprint density at radius 2 is 2.16 bits per heavy atom. The summed E-state index contributed by atoms with van der Waals surface area (Å²) in [6, 6.07) is 6.38. The number of hydrogen-bond acceptors (Lipinski definition) is 5. The summed E-state index contributed by atoms with van der Waals surface area (Å²) in [5.74, 6) is 0.623. The van der Waals surface area contributed by atoms with Crippen molar-refractivity contribution in [3.8, 4) is 5.75 Å². The second kappa shape index (κ2) is 5.29. The third-order valence-corrected chi connectivity index (χ3v) is 4.00. The Morgan fingerprint density at radius 3 is 2.79 bits per heavy atom. The average molecular weight is 282 g/mol. The Labute approximate surface area is 110 Å². The third kappa shape index (κ3) is 2.85. The van der Waals surface area contributed by atoms with Crippen LogP contribution in [-0.2, 0) is 16.6 Å². The molecule has 0 aliphatic rings. The second-order valence-corrected chi connectivity index (χ2v) is 5.52. The van der Waals surface area contributed by atoms with Crippen molar-refractivity contribution >= 4 is 15.8 Å². The fourth-order valence-corrected chi connectivity index (χ4v) is 2.73. The molecule has 0 amide bonds. The number of aromatic nitrogens is 2. The summed E-state index contributed by atoms with van der Waals surface area (Å²) < 4.78 is 31.8. The Kier molecular flexibility index (Phi) is 3.72. The van der Waals surface area contributed by atoms with E-state index in [1.807, 2.05) is 0 Å². The van der Waals surface area contributed by atoms with E-state index in [-0.39, 0.29) is 17.2 Å². The van der Waals surface area contributed by atoms with Gasteiger partial charge >= 0.3 is 0 Å². The summed E-state index contributed by atoms with van der Waals surface area (Å²) in [5.41, 5.74) is 6.17. The summed E-state index contributed by atoms with van der Waals surface area (Å²) in [7, 11) is -2.25. The number of nitrogen functional groups attached to an aromatic ring is 1. The lowest BCUT2D eigenvalue weighted by Crippen LogP contribution is -2.24. The number of nitrogens with zero attached hydrogens (tertiary/aromatic N) is 1. The van der Waals surface area contributed by atoms with Gasteiger partial charge in [0.15, 0.2) is 0 Å². The number of H-pyrrole nitrogens is 1. The van der Waals surface area contributed by atoms with Crippen LogP contribution in [0.3, 0.4) is 0 Å². The number of rotatable bonds is 5. The van der Waals surface area contributed by atoms with E-state index in [2.05, 4.69) is 14.9 Å². The number of methoxy groups -OCH3 is 1. The first-order valence-electron chi connectivity index (χ1n) is 5.45. The summed E-state index contributed by atoms with van der Waals surface area (Å²) in [6.07, 6.45) is 1.47. The predicted molar refractivity (Wildman–Crippen MR) is 70.0 cm³/mol. The normalized spacial score (nSPS) is 11.4. The minimum absolute atomic E-state index is 0.0582. The lowest BCUT2D eigenvalue weighted by atomic mass is 10.3. The first-order valence-corrected chi connectivity index (χ1v) is 6.93. The van der Waals surface area contributed by atoms with Crippen molar-refractivity contribution in [3.63, 3.8) is 0 Å². The Morgan fingerprint density at radius 1 is 1.42 bits per heavy atom. The second-order valence-electron chi connectivity index (χ2n) is 3.78. The molecule has 1 aromatic heterocycles. The van der Waals surface area contributed by atoms with Crippen LogP contribution in [0.25, 0.3) is 0 Å². The third-order valence-electron chi connectivity index (χ3n) is 2.56. The molecule has 1 heterocycles. The molecule has 8 heteroatoms. The van der Waals surface area contributed by atoms with Gasteiger partial charge in [-0.3, -0.25) is 5.10 Å². The highest BCUT2D eigenvalue weighted by Gasteiger charge is 2.19. The largest absolute Gasteiger partial charge is 0.495 e. The fourth-order valence-electron chi connectivity index (χ4n) is 1.55. The molecule has 0 bridgehead atoms. The van der Waals surface area contributed by atoms with Crippen LogP contribution < -0.4 is 15.2 Å². The number of anilines is 1. The van der Waals surface area contributed by atoms with Gasteiger partial charge in [-0.25, -0.2) is 13.1 Å². The zero-order valence-electron chi connectivity index (χ0n) is 10.3. The van der Waals surface area contributed by atoms with Gasteiger partial charge in [0, 0.05) is 12.1 Å². The summed E-state index contributed by atoms with van der Waals surface area (Å²) in [4.78, 5) is 0.0829. The minimum Gasteiger partial charge on any atom is -0.495 e. The molecule has 0 saturated carbocycles. The smallest absolute Gasteiger partial charge is 0.244 e. The van der Waals surface area contributed by atoms with Crippen molar-refractivity contribution < 1.29 is 13.2 Å². The molecule has 0 unspecified atom stereocenters. The van der Waals surface area contributed by atoms with Crippen LogP contribution >= 0.6 is 0 Å². The molecule has 2 rings (SSSR count). The lowest BCUT2D eigenvalue weighted by molar-refractivity contribution is 0.402. The number of nitrogens with one attached hydrogen (secondary N) is 2. The zero-order chi connectivity index (χ0) is 13.9. The number of ether oxygens (including phenoxy) is 1. The van der Waals surface area contributed by atoms with Gasteiger partial charge < -0.3 is 10.5 Å². The van der Waals surface area contributed by atoms with Gasteiger partial charge in [-0.15, -0.1) is 0 Å². The van der Waals surface area contributed by atoms with E-state index in [0.29, 0.717) is 11.4 Å². The van der Waals surface area contributed by atoms with Gasteiger partial charge in [-0.05, 0) is 12.1 Å². The highest BCUT2D eigenvalue weighted by atomic mass is 32.2. The van der Waals surface area contributed by atoms with Gasteiger partial charge in [0.2, 0.25) is 10.0 Å². The maximum Gasteiger partial charge on any atom is 0.244 e. The van der Waals surface area contributed by atoms with E-state index >= 15 is 0 Å². The summed E-state index contributed by atoms with van der Waals surface area (Å²) in [6.45, 7) is 0.0582. The Bertz CT molecular complexity index is 666.